The molecular formula is C26H26FN3O2S. The standard InChI is InChI=1S/C26H26FN3O2S/c27-23-11-5-4-7-19(23)12-16-28-24(31)20-13-17-30(18-14-20)26(32)22-10-6-15-29-25(22)33-21-8-2-1-3-9-21/h1-11,15,20H,12-14,16-18H2,(H,28,31). The van der Waals surface area contributed by atoms with E-state index in [1.54, 1.807) is 35.4 Å². The van der Waals surface area contributed by atoms with Crippen molar-refractivity contribution in [3.8, 4) is 0 Å². The van der Waals surface area contributed by atoms with Gasteiger partial charge >= 0.3 is 0 Å². The molecule has 0 radical (unpaired) electrons. The maximum Gasteiger partial charge on any atom is 0.256 e. The minimum atomic E-state index is -0.251. The number of halogens is 1. The normalized spacial score (nSPS) is 14.2. The number of nitrogens with one attached hydrogen (secondary N) is 1. The Kier molecular flexibility index (Phi) is 7.73. The van der Waals surface area contributed by atoms with E-state index in [0.29, 0.717) is 55.0 Å². The van der Waals surface area contributed by atoms with Crippen LogP contribution in [-0.4, -0.2) is 41.3 Å². The molecule has 2 heterocycles. The molecule has 1 aliphatic rings. The van der Waals surface area contributed by atoms with Gasteiger partial charge in [-0.1, -0.05) is 48.2 Å². The number of carbonyl (C=O) groups excluding carboxylic acids is 2. The average Bonchev–Trinajstić information content (AvgIpc) is 2.86. The van der Waals surface area contributed by atoms with Gasteiger partial charge in [0, 0.05) is 36.6 Å². The zero-order valence-corrected chi connectivity index (χ0v) is 19.1. The lowest BCUT2D eigenvalue weighted by Gasteiger charge is -2.31. The molecule has 0 saturated carbocycles. The Morgan fingerprint density at radius 2 is 1.73 bits per heavy atom. The van der Waals surface area contributed by atoms with Crippen molar-refractivity contribution in [3.63, 3.8) is 0 Å². The van der Waals surface area contributed by atoms with Crippen molar-refractivity contribution in [2.45, 2.75) is 29.2 Å². The number of aromatic nitrogens is 1. The molecule has 7 heteroatoms. The molecule has 2 aromatic carbocycles. The zero-order chi connectivity index (χ0) is 23.0. The van der Waals surface area contributed by atoms with Gasteiger partial charge in [-0.3, -0.25) is 9.59 Å². The van der Waals surface area contributed by atoms with E-state index in [4.69, 9.17) is 0 Å². The molecule has 0 atom stereocenters. The Balaban J connectivity index is 1.29. The highest BCUT2D eigenvalue weighted by Gasteiger charge is 2.29. The van der Waals surface area contributed by atoms with Gasteiger partial charge in [0.25, 0.3) is 5.91 Å². The van der Waals surface area contributed by atoms with Gasteiger partial charge in [-0.15, -0.1) is 0 Å². The molecule has 0 aliphatic carbocycles. The predicted octanol–water partition coefficient (Wildman–Crippen LogP) is 4.58. The highest BCUT2D eigenvalue weighted by atomic mass is 32.2. The summed E-state index contributed by atoms with van der Waals surface area (Å²) in [6.45, 7) is 1.44. The molecule has 1 fully saturated rings. The number of pyridine rings is 1. The topological polar surface area (TPSA) is 62.3 Å². The third-order valence-corrected chi connectivity index (χ3v) is 6.79. The Labute approximate surface area is 197 Å². The number of nitrogens with zero attached hydrogens (tertiary/aromatic N) is 2. The molecule has 5 nitrogen and oxygen atoms in total. The largest absolute Gasteiger partial charge is 0.356 e. The molecule has 33 heavy (non-hydrogen) atoms. The highest BCUT2D eigenvalue weighted by Crippen LogP contribution is 2.30. The van der Waals surface area contributed by atoms with E-state index >= 15 is 0 Å². The van der Waals surface area contributed by atoms with Crippen molar-refractivity contribution in [3.05, 3.63) is 89.9 Å². The lowest BCUT2D eigenvalue weighted by Crippen LogP contribution is -2.43. The van der Waals surface area contributed by atoms with Crippen molar-refractivity contribution in [1.82, 2.24) is 15.2 Å². The first kappa shape index (κ1) is 23.0. The fraction of sp³-hybridized carbons (Fsp3) is 0.269. The molecule has 0 spiro atoms. The van der Waals surface area contributed by atoms with Crippen LogP contribution in [0.1, 0.15) is 28.8 Å². The lowest BCUT2D eigenvalue weighted by atomic mass is 9.95. The summed E-state index contributed by atoms with van der Waals surface area (Å²) in [4.78, 5) is 33.0. The van der Waals surface area contributed by atoms with E-state index in [0.717, 1.165) is 4.90 Å². The van der Waals surface area contributed by atoms with Gasteiger partial charge in [0.1, 0.15) is 10.8 Å². The van der Waals surface area contributed by atoms with Crippen LogP contribution in [0.5, 0.6) is 0 Å². The van der Waals surface area contributed by atoms with Crippen LogP contribution in [0.3, 0.4) is 0 Å². The minimum Gasteiger partial charge on any atom is -0.356 e. The number of piperidine rings is 1. The molecular weight excluding hydrogens is 437 g/mol. The van der Waals surface area contributed by atoms with Gasteiger partial charge < -0.3 is 10.2 Å². The average molecular weight is 464 g/mol. The van der Waals surface area contributed by atoms with Gasteiger partial charge in [-0.05, 0) is 55.2 Å². The third-order valence-electron chi connectivity index (χ3n) is 5.76. The smallest absolute Gasteiger partial charge is 0.256 e. The van der Waals surface area contributed by atoms with Crippen LogP contribution in [0.15, 0.2) is 82.8 Å². The van der Waals surface area contributed by atoms with E-state index < -0.39 is 0 Å². The minimum absolute atomic E-state index is 0.0276. The molecule has 1 N–H and O–H groups in total. The molecule has 1 saturated heterocycles. The van der Waals surface area contributed by atoms with Crippen molar-refractivity contribution in [2.24, 2.45) is 5.92 Å². The van der Waals surface area contributed by atoms with Crippen molar-refractivity contribution >= 4 is 23.6 Å². The van der Waals surface area contributed by atoms with E-state index in [1.807, 2.05) is 36.4 Å². The van der Waals surface area contributed by atoms with Crippen LogP contribution in [-0.2, 0) is 11.2 Å². The summed E-state index contributed by atoms with van der Waals surface area (Å²) in [5.74, 6) is -0.472. The molecule has 0 bridgehead atoms. The van der Waals surface area contributed by atoms with Crippen LogP contribution in [0.25, 0.3) is 0 Å². The van der Waals surface area contributed by atoms with Crippen molar-refractivity contribution < 1.29 is 14.0 Å². The van der Waals surface area contributed by atoms with Crippen molar-refractivity contribution in [1.29, 1.82) is 0 Å². The van der Waals surface area contributed by atoms with Crippen LogP contribution in [0, 0.1) is 11.7 Å². The SMILES string of the molecule is O=C(NCCc1ccccc1F)C1CCN(C(=O)c2cccnc2Sc2ccccc2)CC1. The summed E-state index contributed by atoms with van der Waals surface area (Å²) >= 11 is 1.47. The third kappa shape index (κ3) is 5.99. The van der Waals surface area contributed by atoms with Crippen LogP contribution in [0.4, 0.5) is 4.39 Å². The molecule has 4 rings (SSSR count). The number of amides is 2. The first-order valence-corrected chi connectivity index (χ1v) is 11.9. The predicted molar refractivity (Wildman–Crippen MR) is 127 cm³/mol. The number of rotatable bonds is 7. The summed E-state index contributed by atoms with van der Waals surface area (Å²) in [7, 11) is 0. The summed E-state index contributed by atoms with van der Waals surface area (Å²) < 4.78 is 13.7. The van der Waals surface area contributed by atoms with E-state index in [1.165, 1.54) is 17.8 Å². The monoisotopic (exact) mass is 463 g/mol. The van der Waals surface area contributed by atoms with Gasteiger partial charge in [0.15, 0.2) is 0 Å². The first-order chi connectivity index (χ1) is 16.1. The van der Waals surface area contributed by atoms with Crippen molar-refractivity contribution in [2.75, 3.05) is 19.6 Å². The second-order valence-corrected chi connectivity index (χ2v) is 9.03. The van der Waals surface area contributed by atoms with Crippen LogP contribution in [0.2, 0.25) is 0 Å². The molecule has 3 aromatic rings. The second-order valence-electron chi connectivity index (χ2n) is 7.97. The molecule has 0 unspecified atom stereocenters. The van der Waals surface area contributed by atoms with Gasteiger partial charge in [-0.25, -0.2) is 9.37 Å². The summed E-state index contributed by atoms with van der Waals surface area (Å²) in [6, 6.07) is 20.0. The van der Waals surface area contributed by atoms with E-state index in [2.05, 4.69) is 10.3 Å². The van der Waals surface area contributed by atoms with Gasteiger partial charge in [0.05, 0.1) is 5.56 Å². The van der Waals surface area contributed by atoms with Gasteiger partial charge in [0.2, 0.25) is 5.91 Å². The zero-order valence-electron chi connectivity index (χ0n) is 18.2. The summed E-state index contributed by atoms with van der Waals surface area (Å²) in [5.41, 5.74) is 1.18. The lowest BCUT2D eigenvalue weighted by molar-refractivity contribution is -0.126. The Morgan fingerprint density at radius 3 is 2.48 bits per heavy atom. The molecule has 2 amide bonds. The van der Waals surface area contributed by atoms with E-state index in [9.17, 15) is 14.0 Å². The van der Waals surface area contributed by atoms with Gasteiger partial charge in [-0.2, -0.15) is 0 Å². The number of hydrogen-bond donors (Lipinski definition) is 1. The van der Waals surface area contributed by atoms with Crippen LogP contribution < -0.4 is 5.32 Å². The summed E-state index contributed by atoms with van der Waals surface area (Å²) in [6.07, 6.45) is 3.37. The number of hydrogen-bond acceptors (Lipinski definition) is 4. The number of carbonyl (C=O) groups is 2. The fourth-order valence-corrected chi connectivity index (χ4v) is 4.81. The number of likely N-dealkylation sites (tertiary alicyclic amines) is 1. The Hall–Kier alpha value is -3.19. The molecule has 170 valence electrons. The van der Waals surface area contributed by atoms with E-state index in [-0.39, 0.29) is 23.5 Å². The first-order valence-electron chi connectivity index (χ1n) is 11.1. The quantitative estimate of drug-likeness (QED) is 0.557. The van der Waals surface area contributed by atoms with Crippen LogP contribution >= 0.6 is 11.8 Å². The highest BCUT2D eigenvalue weighted by molar-refractivity contribution is 7.99. The Bertz CT molecular complexity index is 1100. The number of benzene rings is 2. The second kappa shape index (κ2) is 11.1. The maximum atomic E-state index is 13.7. The molecule has 1 aromatic heterocycles. The maximum absolute atomic E-state index is 13.7. The summed E-state index contributed by atoms with van der Waals surface area (Å²) in [5, 5.41) is 3.60. The molecule has 1 aliphatic heterocycles. The Morgan fingerprint density at radius 1 is 1.00 bits per heavy atom. The fourth-order valence-electron chi connectivity index (χ4n) is 3.92.